The third kappa shape index (κ3) is 3.11. The lowest BCUT2D eigenvalue weighted by atomic mass is 9.81. The van der Waals surface area contributed by atoms with Gasteiger partial charge in [-0.25, -0.2) is 0 Å². The molecule has 5 nitrogen and oxygen atoms in total. The molecule has 1 N–H and O–H groups in total. The first-order valence-electron chi connectivity index (χ1n) is 7.88. The molecule has 2 atom stereocenters. The lowest BCUT2D eigenvalue weighted by Crippen LogP contribution is -2.38. The largest absolute Gasteiger partial charge is 0.324 e. The van der Waals surface area contributed by atoms with Crippen molar-refractivity contribution in [3.8, 4) is 0 Å². The molecule has 1 aromatic rings. The molecule has 0 spiro atoms. The summed E-state index contributed by atoms with van der Waals surface area (Å²) in [6.07, 6.45) is 3.46. The molecule has 1 aromatic carbocycles. The highest BCUT2D eigenvalue weighted by molar-refractivity contribution is 6.30. The number of hydrogen-bond donors (Lipinski definition) is 1. The molecule has 3 rings (SSSR count). The van der Waals surface area contributed by atoms with Crippen LogP contribution in [-0.4, -0.2) is 29.2 Å². The van der Waals surface area contributed by atoms with E-state index in [2.05, 4.69) is 5.32 Å². The predicted molar refractivity (Wildman–Crippen MR) is 87.0 cm³/mol. The van der Waals surface area contributed by atoms with E-state index in [-0.39, 0.29) is 36.1 Å². The first-order valence-corrected chi connectivity index (χ1v) is 8.26. The third-order valence-electron chi connectivity index (χ3n) is 4.70. The summed E-state index contributed by atoms with van der Waals surface area (Å²) in [5.41, 5.74) is 1.47. The Hall–Kier alpha value is -1.88. The van der Waals surface area contributed by atoms with Crippen molar-refractivity contribution in [1.82, 2.24) is 4.90 Å². The van der Waals surface area contributed by atoms with Crippen molar-refractivity contribution in [3.05, 3.63) is 28.8 Å². The minimum absolute atomic E-state index is 0.192. The van der Waals surface area contributed by atoms with Crippen LogP contribution >= 0.6 is 11.6 Å². The van der Waals surface area contributed by atoms with E-state index in [0.717, 1.165) is 36.1 Å². The van der Waals surface area contributed by atoms with Gasteiger partial charge in [0.05, 0.1) is 11.8 Å². The molecule has 0 aromatic heterocycles. The maximum absolute atomic E-state index is 12.4. The fraction of sp³-hybridized carbons (Fsp3) is 0.471. The average Bonchev–Trinajstić information content (AvgIpc) is 2.76. The zero-order valence-corrected chi connectivity index (χ0v) is 13.7. The Bertz CT molecular complexity index is 650. The number of likely N-dealkylation sites (tertiary alicyclic amines) is 1. The van der Waals surface area contributed by atoms with Crippen LogP contribution in [0.2, 0.25) is 5.02 Å². The standard InChI is InChI=1S/C17H19ClN2O3/c1-10-8-11(18)6-7-14(10)19-15(21)9-20-16(22)12-4-2-3-5-13(12)17(20)23/h6-8,12-13H,2-5,9H2,1H3,(H,19,21)/t12-,13+. The van der Waals surface area contributed by atoms with Crippen LogP contribution in [0.4, 0.5) is 5.69 Å². The third-order valence-corrected chi connectivity index (χ3v) is 4.93. The fourth-order valence-corrected chi connectivity index (χ4v) is 3.71. The SMILES string of the molecule is Cc1cc(Cl)ccc1NC(=O)CN1C(=O)[C@H]2CCCC[C@H]2C1=O. The molecule has 6 heteroatoms. The number of nitrogens with one attached hydrogen (secondary N) is 1. The molecule has 1 saturated carbocycles. The maximum Gasteiger partial charge on any atom is 0.244 e. The quantitative estimate of drug-likeness (QED) is 0.864. The van der Waals surface area contributed by atoms with Gasteiger partial charge in [0.2, 0.25) is 17.7 Å². The van der Waals surface area contributed by atoms with Gasteiger partial charge in [0.25, 0.3) is 0 Å². The Morgan fingerprint density at radius 1 is 1.22 bits per heavy atom. The zero-order valence-electron chi connectivity index (χ0n) is 13.0. The van der Waals surface area contributed by atoms with E-state index in [1.165, 1.54) is 0 Å². The molecule has 122 valence electrons. The number of carbonyl (C=O) groups is 3. The van der Waals surface area contributed by atoms with Gasteiger partial charge in [-0.05, 0) is 43.5 Å². The summed E-state index contributed by atoms with van der Waals surface area (Å²) in [4.78, 5) is 38.1. The molecular weight excluding hydrogens is 316 g/mol. The number of imide groups is 1. The van der Waals surface area contributed by atoms with E-state index in [4.69, 9.17) is 11.6 Å². The fourth-order valence-electron chi connectivity index (χ4n) is 3.49. The van der Waals surface area contributed by atoms with E-state index < -0.39 is 0 Å². The van der Waals surface area contributed by atoms with Gasteiger partial charge in [0, 0.05) is 10.7 Å². The molecule has 1 saturated heterocycles. The topological polar surface area (TPSA) is 66.5 Å². The van der Waals surface area contributed by atoms with Crippen molar-refractivity contribution in [3.63, 3.8) is 0 Å². The predicted octanol–water partition coefficient (Wildman–Crippen LogP) is 2.76. The number of hydrogen-bond acceptors (Lipinski definition) is 3. The number of fused-ring (bicyclic) bond motifs is 1. The van der Waals surface area contributed by atoms with Crippen molar-refractivity contribution < 1.29 is 14.4 Å². The lowest BCUT2D eigenvalue weighted by molar-refractivity contribution is -0.142. The Morgan fingerprint density at radius 2 is 1.83 bits per heavy atom. The molecule has 0 unspecified atom stereocenters. The number of anilines is 1. The van der Waals surface area contributed by atoms with Gasteiger partial charge in [-0.15, -0.1) is 0 Å². The number of halogens is 1. The molecule has 2 aliphatic rings. The first kappa shape index (κ1) is 16.0. The minimum Gasteiger partial charge on any atom is -0.324 e. The summed E-state index contributed by atoms with van der Waals surface area (Å²) in [7, 11) is 0. The van der Waals surface area contributed by atoms with E-state index in [1.54, 1.807) is 18.2 Å². The molecule has 1 aliphatic carbocycles. The molecule has 23 heavy (non-hydrogen) atoms. The highest BCUT2D eigenvalue weighted by Gasteiger charge is 2.48. The normalized spacial score (nSPS) is 23.8. The van der Waals surface area contributed by atoms with Gasteiger partial charge >= 0.3 is 0 Å². The minimum atomic E-state index is -0.365. The van der Waals surface area contributed by atoms with Crippen molar-refractivity contribution in [2.24, 2.45) is 11.8 Å². The van der Waals surface area contributed by atoms with Crippen LogP contribution in [-0.2, 0) is 14.4 Å². The average molecular weight is 335 g/mol. The molecule has 1 aliphatic heterocycles. The van der Waals surface area contributed by atoms with Crippen LogP contribution in [0.15, 0.2) is 18.2 Å². The second-order valence-electron chi connectivity index (χ2n) is 6.27. The molecule has 2 fully saturated rings. The number of rotatable bonds is 3. The monoisotopic (exact) mass is 334 g/mol. The van der Waals surface area contributed by atoms with Crippen molar-refractivity contribution in [1.29, 1.82) is 0 Å². The molecule has 1 heterocycles. The van der Waals surface area contributed by atoms with E-state index in [0.29, 0.717) is 10.7 Å². The van der Waals surface area contributed by atoms with Crippen molar-refractivity contribution in [2.45, 2.75) is 32.6 Å². The van der Waals surface area contributed by atoms with Gasteiger partial charge in [0.1, 0.15) is 6.54 Å². The number of amides is 3. The van der Waals surface area contributed by atoms with Gasteiger partial charge in [0.15, 0.2) is 0 Å². The first-order chi connectivity index (χ1) is 11.0. The second-order valence-corrected chi connectivity index (χ2v) is 6.70. The van der Waals surface area contributed by atoms with E-state index >= 15 is 0 Å². The summed E-state index contributed by atoms with van der Waals surface area (Å²) >= 11 is 5.89. The lowest BCUT2D eigenvalue weighted by Gasteiger charge is -2.19. The van der Waals surface area contributed by atoms with Crippen LogP contribution in [0.25, 0.3) is 0 Å². The van der Waals surface area contributed by atoms with Gasteiger partial charge in [-0.2, -0.15) is 0 Å². The Balaban J connectivity index is 1.68. The Kier molecular flexibility index (Phi) is 4.39. The van der Waals surface area contributed by atoms with E-state index in [9.17, 15) is 14.4 Å². The molecular formula is C17H19ClN2O3. The van der Waals surface area contributed by atoms with Crippen molar-refractivity contribution in [2.75, 3.05) is 11.9 Å². The van der Waals surface area contributed by atoms with Crippen LogP contribution in [0.3, 0.4) is 0 Å². The molecule has 0 bridgehead atoms. The maximum atomic E-state index is 12.4. The number of nitrogens with zero attached hydrogens (tertiary/aromatic N) is 1. The summed E-state index contributed by atoms with van der Waals surface area (Å²) in [6, 6.07) is 5.14. The van der Waals surface area contributed by atoms with E-state index in [1.807, 2.05) is 6.92 Å². The number of aryl methyl sites for hydroxylation is 1. The smallest absolute Gasteiger partial charge is 0.244 e. The summed E-state index contributed by atoms with van der Waals surface area (Å²) in [5, 5.41) is 3.34. The van der Waals surface area contributed by atoms with Crippen LogP contribution in [0.1, 0.15) is 31.2 Å². The number of carbonyl (C=O) groups excluding carboxylic acids is 3. The van der Waals surface area contributed by atoms with Crippen LogP contribution < -0.4 is 5.32 Å². The zero-order chi connectivity index (χ0) is 16.6. The highest BCUT2D eigenvalue weighted by Crippen LogP contribution is 2.37. The van der Waals surface area contributed by atoms with Gasteiger partial charge < -0.3 is 5.32 Å². The Morgan fingerprint density at radius 3 is 2.39 bits per heavy atom. The van der Waals surface area contributed by atoms with Gasteiger partial charge in [-0.1, -0.05) is 24.4 Å². The summed E-state index contributed by atoms with van der Waals surface area (Å²) in [5.74, 6) is -1.19. The Labute approximate surface area is 140 Å². The summed E-state index contributed by atoms with van der Waals surface area (Å²) in [6.45, 7) is 1.62. The van der Waals surface area contributed by atoms with Crippen LogP contribution in [0.5, 0.6) is 0 Å². The number of benzene rings is 1. The van der Waals surface area contributed by atoms with Crippen molar-refractivity contribution >= 4 is 35.0 Å². The highest BCUT2D eigenvalue weighted by atomic mass is 35.5. The summed E-state index contributed by atoms with van der Waals surface area (Å²) < 4.78 is 0. The van der Waals surface area contributed by atoms with Gasteiger partial charge in [-0.3, -0.25) is 19.3 Å². The molecule has 0 radical (unpaired) electrons. The van der Waals surface area contributed by atoms with Crippen LogP contribution in [0, 0.1) is 18.8 Å². The second kappa shape index (κ2) is 6.32. The molecule has 3 amide bonds.